The number of rotatable bonds is 5. The lowest BCUT2D eigenvalue weighted by Crippen LogP contribution is -2.30. The third kappa shape index (κ3) is 3.67. The van der Waals surface area contributed by atoms with Crippen molar-refractivity contribution in [1.82, 2.24) is 0 Å². The van der Waals surface area contributed by atoms with E-state index >= 15 is 0 Å². The molecular weight excluding hydrogens is 274 g/mol. The summed E-state index contributed by atoms with van der Waals surface area (Å²) in [7, 11) is 0. The molecule has 0 aromatic heterocycles. The van der Waals surface area contributed by atoms with Crippen LogP contribution in [0.15, 0.2) is 42.5 Å². The van der Waals surface area contributed by atoms with Crippen LogP contribution in [0.2, 0.25) is 0 Å². The average molecular weight is 297 g/mol. The van der Waals surface area contributed by atoms with E-state index in [9.17, 15) is 4.79 Å². The third-order valence-corrected chi connectivity index (χ3v) is 3.89. The summed E-state index contributed by atoms with van der Waals surface area (Å²) in [5.74, 6) is 0.633. The molecule has 1 N–H and O–H groups in total. The molecule has 2 aromatic carbocycles. The Morgan fingerprint density at radius 1 is 1.14 bits per heavy atom. The molecule has 2 aromatic rings. The van der Waals surface area contributed by atoms with Gasteiger partial charge in [-0.25, -0.2) is 0 Å². The molecule has 3 heteroatoms. The van der Waals surface area contributed by atoms with E-state index in [1.165, 1.54) is 0 Å². The van der Waals surface area contributed by atoms with Crippen LogP contribution in [0.25, 0.3) is 0 Å². The predicted molar refractivity (Wildman–Crippen MR) is 90.5 cm³/mol. The van der Waals surface area contributed by atoms with E-state index in [2.05, 4.69) is 12.2 Å². The molecule has 3 nitrogen and oxygen atoms in total. The summed E-state index contributed by atoms with van der Waals surface area (Å²) in [4.78, 5) is 12.3. The molecule has 0 aliphatic carbocycles. The van der Waals surface area contributed by atoms with Crippen LogP contribution < -0.4 is 10.1 Å². The molecule has 0 aliphatic rings. The number of hydrogen-bond donors (Lipinski definition) is 1. The van der Waals surface area contributed by atoms with Gasteiger partial charge in [0, 0.05) is 5.69 Å². The van der Waals surface area contributed by atoms with Gasteiger partial charge in [-0.05, 0) is 56.0 Å². The summed E-state index contributed by atoms with van der Waals surface area (Å²) in [6.45, 7) is 7.88. The quantitative estimate of drug-likeness (QED) is 0.895. The number of carbonyl (C=O) groups is 1. The van der Waals surface area contributed by atoms with Crippen molar-refractivity contribution in [2.24, 2.45) is 0 Å². The zero-order valence-electron chi connectivity index (χ0n) is 13.6. The number of anilines is 1. The van der Waals surface area contributed by atoms with Gasteiger partial charge >= 0.3 is 0 Å². The molecule has 0 spiro atoms. The van der Waals surface area contributed by atoms with Gasteiger partial charge in [0.15, 0.2) is 6.10 Å². The number of carbonyl (C=O) groups excluding carboxylic acids is 1. The second kappa shape index (κ2) is 7.12. The smallest absolute Gasteiger partial charge is 0.265 e. The summed E-state index contributed by atoms with van der Waals surface area (Å²) in [5, 5.41) is 2.94. The molecule has 1 atom stereocenters. The van der Waals surface area contributed by atoms with Gasteiger partial charge < -0.3 is 10.1 Å². The van der Waals surface area contributed by atoms with Crippen molar-refractivity contribution in [3.05, 3.63) is 59.2 Å². The molecule has 0 bridgehead atoms. The lowest BCUT2D eigenvalue weighted by atomic mass is 10.1. The van der Waals surface area contributed by atoms with E-state index in [1.54, 1.807) is 6.92 Å². The molecular formula is C19H23NO2. The molecule has 0 saturated carbocycles. The van der Waals surface area contributed by atoms with Crippen LogP contribution in [0.5, 0.6) is 5.75 Å². The fraction of sp³-hybridized carbons (Fsp3) is 0.316. The molecule has 0 fully saturated rings. The topological polar surface area (TPSA) is 38.3 Å². The Kier molecular flexibility index (Phi) is 5.21. The first-order chi connectivity index (χ1) is 10.5. The van der Waals surface area contributed by atoms with Crippen LogP contribution >= 0.6 is 0 Å². The Balaban J connectivity index is 2.08. The minimum Gasteiger partial charge on any atom is -0.481 e. The number of ether oxygens (including phenoxy) is 1. The molecule has 116 valence electrons. The van der Waals surface area contributed by atoms with Gasteiger partial charge in [-0.1, -0.05) is 37.3 Å². The highest BCUT2D eigenvalue weighted by atomic mass is 16.5. The van der Waals surface area contributed by atoms with Crippen LogP contribution in [0.4, 0.5) is 5.69 Å². The first-order valence-corrected chi connectivity index (χ1v) is 7.64. The monoisotopic (exact) mass is 297 g/mol. The van der Waals surface area contributed by atoms with E-state index in [-0.39, 0.29) is 5.91 Å². The van der Waals surface area contributed by atoms with Gasteiger partial charge in [0.05, 0.1) is 0 Å². The number of hydrogen-bond acceptors (Lipinski definition) is 2. The third-order valence-electron chi connectivity index (χ3n) is 3.89. The minimum absolute atomic E-state index is 0.139. The second-order valence-electron chi connectivity index (χ2n) is 5.46. The van der Waals surface area contributed by atoms with E-state index in [0.29, 0.717) is 0 Å². The van der Waals surface area contributed by atoms with Crippen molar-refractivity contribution < 1.29 is 9.53 Å². The number of aryl methyl sites for hydroxylation is 2. The van der Waals surface area contributed by atoms with Crippen LogP contribution in [0.3, 0.4) is 0 Å². The molecule has 22 heavy (non-hydrogen) atoms. The van der Waals surface area contributed by atoms with Gasteiger partial charge in [-0.2, -0.15) is 0 Å². The summed E-state index contributed by atoms with van der Waals surface area (Å²) >= 11 is 0. The normalized spacial score (nSPS) is 11.8. The van der Waals surface area contributed by atoms with Crippen LogP contribution in [-0.2, 0) is 11.2 Å². The van der Waals surface area contributed by atoms with Crippen molar-refractivity contribution in [3.63, 3.8) is 0 Å². The highest BCUT2D eigenvalue weighted by Crippen LogP contribution is 2.21. The van der Waals surface area contributed by atoms with Crippen molar-refractivity contribution in [3.8, 4) is 5.75 Å². The molecule has 0 saturated heterocycles. The van der Waals surface area contributed by atoms with Crippen molar-refractivity contribution in [1.29, 1.82) is 0 Å². The molecule has 0 heterocycles. The summed E-state index contributed by atoms with van der Waals surface area (Å²) < 4.78 is 5.83. The maximum absolute atomic E-state index is 12.3. The zero-order chi connectivity index (χ0) is 16.1. The molecule has 0 aliphatic heterocycles. The van der Waals surface area contributed by atoms with Gasteiger partial charge in [0.1, 0.15) is 5.75 Å². The first-order valence-electron chi connectivity index (χ1n) is 7.64. The molecule has 1 amide bonds. The highest BCUT2D eigenvalue weighted by Gasteiger charge is 2.17. The Morgan fingerprint density at radius 3 is 2.59 bits per heavy atom. The Labute approximate surface area is 132 Å². The summed E-state index contributed by atoms with van der Waals surface area (Å²) in [6, 6.07) is 13.7. The van der Waals surface area contributed by atoms with Crippen LogP contribution in [0.1, 0.15) is 30.5 Å². The average Bonchev–Trinajstić information content (AvgIpc) is 2.52. The van der Waals surface area contributed by atoms with Crippen LogP contribution in [0, 0.1) is 13.8 Å². The van der Waals surface area contributed by atoms with E-state index < -0.39 is 6.10 Å². The van der Waals surface area contributed by atoms with E-state index in [4.69, 9.17) is 4.74 Å². The largest absolute Gasteiger partial charge is 0.481 e. The second-order valence-corrected chi connectivity index (χ2v) is 5.46. The van der Waals surface area contributed by atoms with E-state index in [0.717, 1.165) is 34.5 Å². The SMILES string of the molecule is CCc1ccccc1OC(C)C(=O)Nc1cccc(C)c1C. The Morgan fingerprint density at radius 2 is 1.86 bits per heavy atom. The fourth-order valence-electron chi connectivity index (χ4n) is 2.28. The van der Waals surface area contributed by atoms with Crippen LogP contribution in [-0.4, -0.2) is 12.0 Å². The summed E-state index contributed by atoms with van der Waals surface area (Å²) in [6.07, 6.45) is 0.328. The van der Waals surface area contributed by atoms with Gasteiger partial charge in [-0.15, -0.1) is 0 Å². The molecule has 2 rings (SSSR count). The van der Waals surface area contributed by atoms with Crippen molar-refractivity contribution in [2.75, 3.05) is 5.32 Å². The number of benzene rings is 2. The van der Waals surface area contributed by atoms with Gasteiger partial charge in [0.2, 0.25) is 0 Å². The number of amides is 1. The van der Waals surface area contributed by atoms with Gasteiger partial charge in [0.25, 0.3) is 5.91 Å². The first kappa shape index (κ1) is 16.1. The fourth-order valence-corrected chi connectivity index (χ4v) is 2.28. The van der Waals surface area contributed by atoms with Crippen molar-refractivity contribution in [2.45, 2.75) is 40.2 Å². The Hall–Kier alpha value is -2.29. The lowest BCUT2D eigenvalue weighted by Gasteiger charge is -2.18. The zero-order valence-corrected chi connectivity index (χ0v) is 13.6. The van der Waals surface area contributed by atoms with Crippen molar-refractivity contribution >= 4 is 11.6 Å². The standard InChI is InChI=1S/C19H23NO2/c1-5-16-10-6-7-12-18(16)22-15(4)19(21)20-17-11-8-9-13(2)14(17)3/h6-12,15H,5H2,1-4H3,(H,20,21). The molecule has 0 radical (unpaired) electrons. The highest BCUT2D eigenvalue weighted by molar-refractivity contribution is 5.94. The van der Waals surface area contributed by atoms with Gasteiger partial charge in [-0.3, -0.25) is 4.79 Å². The maximum Gasteiger partial charge on any atom is 0.265 e. The summed E-state index contributed by atoms with van der Waals surface area (Å²) in [5.41, 5.74) is 4.18. The lowest BCUT2D eigenvalue weighted by molar-refractivity contribution is -0.122. The number of nitrogens with one attached hydrogen (secondary N) is 1. The maximum atomic E-state index is 12.3. The number of para-hydroxylation sites is 1. The Bertz CT molecular complexity index is 664. The minimum atomic E-state index is -0.549. The molecule has 1 unspecified atom stereocenters. The van der Waals surface area contributed by atoms with E-state index in [1.807, 2.05) is 56.3 Å². The predicted octanol–water partition coefficient (Wildman–Crippen LogP) is 4.27.